The van der Waals surface area contributed by atoms with Gasteiger partial charge in [-0.25, -0.2) is 14.6 Å². The molecule has 2 heterocycles. The Morgan fingerprint density at radius 2 is 1.86 bits per heavy atom. The monoisotopic (exact) mass is 340 g/mol. The summed E-state index contributed by atoms with van der Waals surface area (Å²) >= 11 is 3.49. The van der Waals surface area contributed by atoms with Crippen molar-refractivity contribution in [3.63, 3.8) is 0 Å². The zero-order valence-corrected chi connectivity index (χ0v) is 12.9. The van der Waals surface area contributed by atoms with E-state index in [1.165, 1.54) is 12.8 Å². The standard InChI is InChI=1S/C16H13BrN4/c17-15-10-13(19-16(20-15)11-6-7-11)14-8-9-18-21(14)12-4-2-1-3-5-12/h1-5,8-11H,6-7H2. The van der Waals surface area contributed by atoms with E-state index < -0.39 is 0 Å². The minimum absolute atomic E-state index is 0.523. The van der Waals surface area contributed by atoms with Crippen LogP contribution in [-0.2, 0) is 0 Å². The third kappa shape index (κ3) is 2.49. The van der Waals surface area contributed by atoms with E-state index in [1.807, 2.05) is 47.1 Å². The second kappa shape index (κ2) is 5.07. The number of aromatic nitrogens is 4. The summed E-state index contributed by atoms with van der Waals surface area (Å²) < 4.78 is 2.74. The fraction of sp³-hybridized carbons (Fsp3) is 0.188. The van der Waals surface area contributed by atoms with E-state index in [1.54, 1.807) is 6.20 Å². The Hall–Kier alpha value is -2.01. The first-order chi connectivity index (χ1) is 10.3. The van der Waals surface area contributed by atoms with Crippen LogP contribution in [0.15, 0.2) is 53.3 Å². The highest BCUT2D eigenvalue weighted by Crippen LogP contribution is 2.39. The van der Waals surface area contributed by atoms with Crippen LogP contribution in [0.2, 0.25) is 0 Å². The first-order valence-electron chi connectivity index (χ1n) is 6.95. The Morgan fingerprint density at radius 3 is 2.62 bits per heavy atom. The lowest BCUT2D eigenvalue weighted by Crippen LogP contribution is -2.02. The van der Waals surface area contributed by atoms with E-state index in [0.717, 1.165) is 27.5 Å². The van der Waals surface area contributed by atoms with Crippen molar-refractivity contribution in [2.45, 2.75) is 18.8 Å². The fourth-order valence-corrected chi connectivity index (χ4v) is 2.76. The van der Waals surface area contributed by atoms with Crippen LogP contribution in [0.3, 0.4) is 0 Å². The lowest BCUT2D eigenvalue weighted by atomic mass is 10.2. The second-order valence-corrected chi connectivity index (χ2v) is 5.98. The maximum absolute atomic E-state index is 4.72. The van der Waals surface area contributed by atoms with Crippen LogP contribution >= 0.6 is 15.9 Å². The number of hydrogen-bond acceptors (Lipinski definition) is 3. The molecule has 1 fully saturated rings. The number of nitrogens with zero attached hydrogens (tertiary/aromatic N) is 4. The van der Waals surface area contributed by atoms with Gasteiger partial charge in [0.2, 0.25) is 0 Å². The number of benzene rings is 1. The number of hydrogen-bond donors (Lipinski definition) is 0. The van der Waals surface area contributed by atoms with E-state index in [9.17, 15) is 0 Å². The molecule has 0 unspecified atom stereocenters. The summed E-state index contributed by atoms with van der Waals surface area (Å²) in [5, 5.41) is 4.42. The molecule has 0 aliphatic heterocycles. The van der Waals surface area contributed by atoms with Gasteiger partial charge in [-0.3, -0.25) is 0 Å². The van der Waals surface area contributed by atoms with Crippen LogP contribution in [0.5, 0.6) is 0 Å². The molecule has 0 saturated heterocycles. The Bertz CT molecular complexity index is 778. The van der Waals surface area contributed by atoms with E-state index in [4.69, 9.17) is 4.98 Å². The molecule has 4 nitrogen and oxygen atoms in total. The molecule has 0 atom stereocenters. The van der Waals surface area contributed by atoms with Gasteiger partial charge in [-0.05, 0) is 53.0 Å². The largest absolute Gasteiger partial charge is 0.232 e. The third-order valence-corrected chi connectivity index (χ3v) is 3.97. The zero-order valence-electron chi connectivity index (χ0n) is 11.3. The van der Waals surface area contributed by atoms with Gasteiger partial charge in [-0.1, -0.05) is 18.2 Å². The molecule has 1 aromatic carbocycles. The molecule has 104 valence electrons. The Morgan fingerprint density at radius 1 is 1.05 bits per heavy atom. The predicted octanol–water partition coefficient (Wildman–Crippen LogP) is 3.97. The average Bonchev–Trinajstić information content (AvgIpc) is 3.24. The van der Waals surface area contributed by atoms with Crippen molar-refractivity contribution in [1.29, 1.82) is 0 Å². The van der Waals surface area contributed by atoms with Crippen LogP contribution < -0.4 is 0 Å². The predicted molar refractivity (Wildman–Crippen MR) is 84.3 cm³/mol. The lowest BCUT2D eigenvalue weighted by molar-refractivity contribution is 0.869. The molecule has 0 spiro atoms. The van der Waals surface area contributed by atoms with Crippen LogP contribution in [0.25, 0.3) is 17.1 Å². The minimum atomic E-state index is 0.523. The Labute approximate surface area is 131 Å². The Balaban J connectivity index is 1.83. The van der Waals surface area contributed by atoms with Crippen molar-refractivity contribution in [3.8, 4) is 17.1 Å². The van der Waals surface area contributed by atoms with E-state index in [2.05, 4.69) is 26.0 Å². The third-order valence-electron chi connectivity index (χ3n) is 3.56. The summed E-state index contributed by atoms with van der Waals surface area (Å²) in [4.78, 5) is 9.21. The molecule has 1 aliphatic rings. The summed E-state index contributed by atoms with van der Waals surface area (Å²) in [7, 11) is 0. The Kier molecular flexibility index (Phi) is 3.07. The molecule has 3 aromatic rings. The highest BCUT2D eigenvalue weighted by molar-refractivity contribution is 9.10. The lowest BCUT2D eigenvalue weighted by Gasteiger charge is -2.08. The molecule has 21 heavy (non-hydrogen) atoms. The highest BCUT2D eigenvalue weighted by atomic mass is 79.9. The molecule has 5 heteroatoms. The summed E-state index contributed by atoms with van der Waals surface area (Å²) in [5.74, 6) is 1.45. The normalized spacial score (nSPS) is 14.3. The van der Waals surface area contributed by atoms with Gasteiger partial charge >= 0.3 is 0 Å². The summed E-state index contributed by atoms with van der Waals surface area (Å²) in [5.41, 5.74) is 2.91. The van der Waals surface area contributed by atoms with E-state index in [0.29, 0.717) is 5.92 Å². The van der Waals surface area contributed by atoms with Gasteiger partial charge in [0.05, 0.1) is 23.3 Å². The van der Waals surface area contributed by atoms with Gasteiger partial charge in [0, 0.05) is 5.92 Å². The fourth-order valence-electron chi connectivity index (χ4n) is 2.36. The maximum atomic E-state index is 4.72. The summed E-state index contributed by atoms with van der Waals surface area (Å²) in [6, 6.07) is 14.0. The summed E-state index contributed by atoms with van der Waals surface area (Å²) in [6.45, 7) is 0. The average molecular weight is 341 g/mol. The molecular formula is C16H13BrN4. The SMILES string of the molecule is Brc1cc(-c2ccnn2-c2ccccc2)nc(C2CC2)n1. The minimum Gasteiger partial charge on any atom is -0.232 e. The van der Waals surface area contributed by atoms with Crippen molar-refractivity contribution in [2.24, 2.45) is 0 Å². The van der Waals surface area contributed by atoms with Crippen LogP contribution in [0.4, 0.5) is 0 Å². The van der Waals surface area contributed by atoms with Crippen molar-refractivity contribution in [1.82, 2.24) is 19.7 Å². The van der Waals surface area contributed by atoms with Gasteiger partial charge in [-0.2, -0.15) is 5.10 Å². The van der Waals surface area contributed by atoms with Crippen LogP contribution in [0.1, 0.15) is 24.6 Å². The quantitative estimate of drug-likeness (QED) is 0.677. The van der Waals surface area contributed by atoms with Crippen molar-refractivity contribution < 1.29 is 0 Å². The zero-order chi connectivity index (χ0) is 14.2. The topological polar surface area (TPSA) is 43.6 Å². The molecule has 2 aromatic heterocycles. The van der Waals surface area contributed by atoms with Gasteiger partial charge in [0.25, 0.3) is 0 Å². The number of rotatable bonds is 3. The van der Waals surface area contributed by atoms with Gasteiger partial charge < -0.3 is 0 Å². The van der Waals surface area contributed by atoms with Crippen molar-refractivity contribution in [3.05, 3.63) is 59.1 Å². The molecule has 0 bridgehead atoms. The molecule has 0 N–H and O–H groups in total. The van der Waals surface area contributed by atoms with E-state index >= 15 is 0 Å². The highest BCUT2D eigenvalue weighted by Gasteiger charge is 2.27. The number of para-hydroxylation sites is 1. The van der Waals surface area contributed by atoms with E-state index in [-0.39, 0.29) is 0 Å². The maximum Gasteiger partial charge on any atom is 0.133 e. The van der Waals surface area contributed by atoms with Crippen LogP contribution in [-0.4, -0.2) is 19.7 Å². The first kappa shape index (κ1) is 12.7. The smallest absolute Gasteiger partial charge is 0.133 e. The molecular weight excluding hydrogens is 328 g/mol. The molecule has 4 rings (SSSR count). The molecule has 1 aliphatic carbocycles. The number of halogens is 1. The molecule has 0 radical (unpaired) electrons. The van der Waals surface area contributed by atoms with Crippen molar-refractivity contribution in [2.75, 3.05) is 0 Å². The first-order valence-corrected chi connectivity index (χ1v) is 7.75. The van der Waals surface area contributed by atoms with Gasteiger partial charge in [-0.15, -0.1) is 0 Å². The summed E-state index contributed by atoms with van der Waals surface area (Å²) in [6.07, 6.45) is 4.18. The second-order valence-electron chi connectivity index (χ2n) is 5.17. The van der Waals surface area contributed by atoms with Crippen LogP contribution in [0, 0.1) is 0 Å². The van der Waals surface area contributed by atoms with Gasteiger partial charge in [0.1, 0.15) is 10.4 Å². The van der Waals surface area contributed by atoms with Crippen molar-refractivity contribution >= 4 is 15.9 Å². The molecule has 0 amide bonds. The molecule has 1 saturated carbocycles. The van der Waals surface area contributed by atoms with Gasteiger partial charge in [0.15, 0.2) is 0 Å².